The van der Waals surface area contributed by atoms with Gasteiger partial charge in [-0.15, -0.1) is 12.4 Å². The van der Waals surface area contributed by atoms with Crippen LogP contribution in [0, 0.1) is 0 Å². The van der Waals surface area contributed by atoms with E-state index < -0.39 is 0 Å². The zero-order valence-electron chi connectivity index (χ0n) is 6.59. The lowest BCUT2D eigenvalue weighted by atomic mass is 9.78. The Morgan fingerprint density at radius 3 is 2.92 bits per heavy atom. The molecule has 0 heterocycles. The molecule has 1 unspecified atom stereocenters. The monoisotopic (exact) mass is 247 g/mol. The second-order valence-corrected chi connectivity index (χ2v) is 3.90. The summed E-state index contributed by atoms with van der Waals surface area (Å²) in [4.78, 5) is 0. The van der Waals surface area contributed by atoms with Gasteiger partial charge in [-0.3, -0.25) is 0 Å². The van der Waals surface area contributed by atoms with Crippen LogP contribution in [0.3, 0.4) is 0 Å². The highest BCUT2D eigenvalue weighted by Gasteiger charge is 2.24. The first kappa shape index (κ1) is 10.0. The van der Waals surface area contributed by atoms with Gasteiger partial charge in [0.05, 0.1) is 0 Å². The minimum atomic E-state index is 0. The number of benzene rings is 1. The van der Waals surface area contributed by atoms with Gasteiger partial charge in [0.25, 0.3) is 0 Å². The third-order valence-electron chi connectivity index (χ3n) is 2.30. The van der Waals surface area contributed by atoms with Crippen LogP contribution < -0.4 is 5.73 Å². The Morgan fingerprint density at radius 2 is 2.25 bits per heavy atom. The standard InChI is InChI=1S/C9H10BrN.ClH/c10-8-2-1-6-3-7(5-11)9(6)4-8;/h1-2,4,7H,3,5,11H2;1H. The molecule has 3 heteroatoms. The second kappa shape index (κ2) is 3.77. The van der Waals surface area contributed by atoms with Crippen molar-refractivity contribution in [2.24, 2.45) is 5.73 Å². The number of nitrogens with two attached hydrogens (primary N) is 1. The van der Waals surface area contributed by atoms with Gasteiger partial charge in [-0.05, 0) is 36.2 Å². The first-order chi connectivity index (χ1) is 5.31. The SMILES string of the molecule is Cl.NCC1Cc2ccc(Br)cc21. The highest BCUT2D eigenvalue weighted by atomic mass is 79.9. The van der Waals surface area contributed by atoms with Gasteiger partial charge in [-0.2, -0.15) is 0 Å². The molecule has 2 rings (SSSR count). The predicted molar refractivity (Wildman–Crippen MR) is 56.9 cm³/mol. The van der Waals surface area contributed by atoms with Crippen molar-refractivity contribution >= 4 is 28.3 Å². The van der Waals surface area contributed by atoms with Gasteiger partial charge in [0, 0.05) is 10.4 Å². The third kappa shape index (κ3) is 1.51. The van der Waals surface area contributed by atoms with Crippen molar-refractivity contribution in [1.29, 1.82) is 0 Å². The van der Waals surface area contributed by atoms with Crippen LogP contribution in [0.4, 0.5) is 0 Å². The minimum Gasteiger partial charge on any atom is -0.330 e. The number of fused-ring (bicyclic) bond motifs is 1. The van der Waals surface area contributed by atoms with E-state index >= 15 is 0 Å². The molecular formula is C9H11BrClN. The van der Waals surface area contributed by atoms with E-state index in [1.807, 2.05) is 0 Å². The molecular weight excluding hydrogens is 237 g/mol. The van der Waals surface area contributed by atoms with E-state index in [4.69, 9.17) is 5.73 Å². The second-order valence-electron chi connectivity index (χ2n) is 2.98. The maximum absolute atomic E-state index is 5.58. The Bertz CT molecular complexity index is 288. The number of hydrogen-bond acceptors (Lipinski definition) is 1. The molecule has 1 aromatic carbocycles. The highest BCUT2D eigenvalue weighted by molar-refractivity contribution is 9.10. The van der Waals surface area contributed by atoms with E-state index in [1.165, 1.54) is 17.5 Å². The summed E-state index contributed by atoms with van der Waals surface area (Å²) in [5.74, 6) is 0.613. The molecule has 1 aliphatic carbocycles. The van der Waals surface area contributed by atoms with Crippen LogP contribution >= 0.6 is 28.3 Å². The average Bonchev–Trinajstić information content (AvgIpc) is 1.97. The van der Waals surface area contributed by atoms with Crippen molar-refractivity contribution < 1.29 is 0 Å². The van der Waals surface area contributed by atoms with E-state index in [0.717, 1.165) is 11.0 Å². The predicted octanol–water partition coefficient (Wildman–Crippen LogP) is 2.47. The van der Waals surface area contributed by atoms with Crippen molar-refractivity contribution in [1.82, 2.24) is 0 Å². The first-order valence-electron chi connectivity index (χ1n) is 3.79. The molecule has 1 aromatic rings. The van der Waals surface area contributed by atoms with Crippen LogP contribution in [0.1, 0.15) is 17.0 Å². The maximum atomic E-state index is 5.58. The molecule has 0 spiro atoms. The normalized spacial score (nSPS) is 19.0. The molecule has 0 bridgehead atoms. The number of hydrogen-bond donors (Lipinski definition) is 1. The van der Waals surface area contributed by atoms with Gasteiger partial charge >= 0.3 is 0 Å². The minimum absolute atomic E-state index is 0. The summed E-state index contributed by atoms with van der Waals surface area (Å²) in [6, 6.07) is 6.44. The molecule has 0 aromatic heterocycles. The third-order valence-corrected chi connectivity index (χ3v) is 2.79. The fraction of sp³-hybridized carbons (Fsp3) is 0.333. The van der Waals surface area contributed by atoms with Crippen LogP contribution in [-0.2, 0) is 6.42 Å². The lowest BCUT2D eigenvalue weighted by Crippen LogP contribution is -2.24. The quantitative estimate of drug-likeness (QED) is 0.812. The number of halogens is 2. The van der Waals surface area contributed by atoms with Gasteiger partial charge in [0.15, 0.2) is 0 Å². The summed E-state index contributed by atoms with van der Waals surface area (Å²) in [7, 11) is 0. The van der Waals surface area contributed by atoms with E-state index in [2.05, 4.69) is 34.1 Å². The molecule has 0 aliphatic heterocycles. The molecule has 0 fully saturated rings. The van der Waals surface area contributed by atoms with Crippen molar-refractivity contribution in [2.45, 2.75) is 12.3 Å². The highest BCUT2D eigenvalue weighted by Crippen LogP contribution is 2.35. The fourth-order valence-electron chi connectivity index (χ4n) is 1.59. The Morgan fingerprint density at radius 1 is 1.50 bits per heavy atom. The average molecular weight is 249 g/mol. The Hall–Kier alpha value is -0.0500. The lowest BCUT2D eigenvalue weighted by molar-refractivity contribution is 0.617. The Balaban J connectivity index is 0.000000720. The Kier molecular flexibility index (Phi) is 3.16. The summed E-state index contributed by atoms with van der Waals surface area (Å²) in [5, 5.41) is 0. The molecule has 1 atom stereocenters. The zero-order chi connectivity index (χ0) is 7.84. The summed E-state index contributed by atoms with van der Waals surface area (Å²) in [5.41, 5.74) is 8.48. The van der Waals surface area contributed by atoms with E-state index in [0.29, 0.717) is 5.92 Å². The van der Waals surface area contributed by atoms with Crippen LogP contribution in [0.15, 0.2) is 22.7 Å². The smallest absolute Gasteiger partial charge is 0.0178 e. The largest absolute Gasteiger partial charge is 0.330 e. The molecule has 0 amide bonds. The fourth-order valence-corrected chi connectivity index (χ4v) is 1.97. The Labute approximate surface area is 86.9 Å². The van der Waals surface area contributed by atoms with E-state index in [-0.39, 0.29) is 12.4 Å². The van der Waals surface area contributed by atoms with E-state index in [1.54, 1.807) is 0 Å². The topological polar surface area (TPSA) is 26.0 Å². The lowest BCUT2D eigenvalue weighted by Gasteiger charge is -2.29. The molecule has 66 valence electrons. The molecule has 0 saturated carbocycles. The van der Waals surface area contributed by atoms with Crippen molar-refractivity contribution in [3.05, 3.63) is 33.8 Å². The van der Waals surface area contributed by atoms with Gasteiger partial charge in [-0.25, -0.2) is 0 Å². The first-order valence-corrected chi connectivity index (χ1v) is 4.59. The maximum Gasteiger partial charge on any atom is 0.0178 e. The molecule has 0 radical (unpaired) electrons. The van der Waals surface area contributed by atoms with Crippen LogP contribution in [0.5, 0.6) is 0 Å². The van der Waals surface area contributed by atoms with Crippen LogP contribution in [0.2, 0.25) is 0 Å². The molecule has 2 N–H and O–H groups in total. The molecule has 12 heavy (non-hydrogen) atoms. The summed E-state index contributed by atoms with van der Waals surface area (Å²) < 4.78 is 1.16. The van der Waals surface area contributed by atoms with Crippen molar-refractivity contribution in [2.75, 3.05) is 6.54 Å². The van der Waals surface area contributed by atoms with Gasteiger partial charge in [0.1, 0.15) is 0 Å². The van der Waals surface area contributed by atoms with Gasteiger partial charge < -0.3 is 5.73 Å². The molecule has 0 saturated heterocycles. The summed E-state index contributed by atoms with van der Waals surface area (Å²) in [6.07, 6.45) is 1.17. The zero-order valence-corrected chi connectivity index (χ0v) is 8.99. The van der Waals surface area contributed by atoms with Gasteiger partial charge in [0.2, 0.25) is 0 Å². The number of rotatable bonds is 1. The van der Waals surface area contributed by atoms with Crippen molar-refractivity contribution in [3.63, 3.8) is 0 Å². The summed E-state index contributed by atoms with van der Waals surface area (Å²) >= 11 is 3.45. The van der Waals surface area contributed by atoms with Crippen molar-refractivity contribution in [3.8, 4) is 0 Å². The molecule has 1 nitrogen and oxygen atoms in total. The van der Waals surface area contributed by atoms with E-state index in [9.17, 15) is 0 Å². The van der Waals surface area contributed by atoms with Crippen LogP contribution in [-0.4, -0.2) is 6.54 Å². The summed E-state index contributed by atoms with van der Waals surface area (Å²) in [6.45, 7) is 0.781. The molecule has 1 aliphatic rings. The van der Waals surface area contributed by atoms with Gasteiger partial charge in [-0.1, -0.05) is 22.0 Å². The van der Waals surface area contributed by atoms with Crippen LogP contribution in [0.25, 0.3) is 0 Å².